The van der Waals surface area contributed by atoms with E-state index in [9.17, 15) is 9.90 Å². The number of hydrogen-bond donors (Lipinski definition) is 1. The molecule has 118 valence electrons. The van der Waals surface area contributed by atoms with Gasteiger partial charge < -0.3 is 9.84 Å². The van der Waals surface area contributed by atoms with Gasteiger partial charge in [-0.15, -0.1) is 0 Å². The van der Waals surface area contributed by atoms with E-state index < -0.39 is 0 Å². The van der Waals surface area contributed by atoms with E-state index in [4.69, 9.17) is 16.3 Å². The van der Waals surface area contributed by atoms with Crippen LogP contribution in [0.15, 0.2) is 29.2 Å². The third kappa shape index (κ3) is 3.47. The summed E-state index contributed by atoms with van der Waals surface area (Å²) in [6, 6.07) is 4.98. The van der Waals surface area contributed by atoms with Crippen LogP contribution in [0.1, 0.15) is 5.69 Å². The van der Waals surface area contributed by atoms with E-state index >= 15 is 0 Å². The van der Waals surface area contributed by atoms with E-state index in [0.29, 0.717) is 36.1 Å². The van der Waals surface area contributed by atoms with Crippen LogP contribution in [0.3, 0.4) is 0 Å². The molecule has 6 nitrogen and oxygen atoms in total. The minimum Gasteiger partial charge on any atom is -0.396 e. The Morgan fingerprint density at radius 3 is 3.14 bits per heavy atom. The molecule has 7 heteroatoms. The third-order valence-corrected chi connectivity index (χ3v) is 3.97. The smallest absolute Gasteiger partial charge is 0.258 e. The van der Waals surface area contributed by atoms with E-state index in [2.05, 4.69) is 9.88 Å². The highest BCUT2D eigenvalue weighted by molar-refractivity contribution is 6.30. The van der Waals surface area contributed by atoms with Crippen LogP contribution in [-0.4, -0.2) is 52.3 Å². The van der Waals surface area contributed by atoms with Crippen LogP contribution in [0.25, 0.3) is 5.65 Å². The van der Waals surface area contributed by atoms with Crippen molar-refractivity contribution in [3.63, 3.8) is 0 Å². The average Bonchev–Trinajstić information content (AvgIpc) is 2.73. The van der Waals surface area contributed by atoms with E-state index in [0.717, 1.165) is 13.1 Å². The molecule has 1 aliphatic heterocycles. The monoisotopic (exact) mass is 323 g/mol. The normalized spacial score (nSPS) is 20.2. The Bertz CT molecular complexity index is 719. The Balaban J connectivity index is 1.84. The Kier molecular flexibility index (Phi) is 4.73. The number of halogens is 1. The lowest BCUT2D eigenvalue weighted by Gasteiger charge is -2.21. The lowest BCUT2D eigenvalue weighted by atomic mass is 10.1. The predicted molar refractivity (Wildman–Crippen MR) is 83.1 cm³/mol. The molecule has 0 saturated carbocycles. The van der Waals surface area contributed by atoms with Crippen LogP contribution in [0.2, 0.25) is 5.02 Å². The molecule has 1 unspecified atom stereocenters. The van der Waals surface area contributed by atoms with Gasteiger partial charge in [0.05, 0.1) is 23.9 Å². The third-order valence-electron chi connectivity index (χ3n) is 3.74. The Labute approximate surface area is 132 Å². The first-order chi connectivity index (χ1) is 10.7. The maximum atomic E-state index is 12.2. The van der Waals surface area contributed by atoms with Crippen LogP contribution in [0.5, 0.6) is 0 Å². The summed E-state index contributed by atoms with van der Waals surface area (Å²) in [5.41, 5.74) is 1.15. The van der Waals surface area contributed by atoms with Crippen molar-refractivity contribution in [2.45, 2.75) is 6.54 Å². The quantitative estimate of drug-likeness (QED) is 0.904. The molecule has 0 spiro atoms. The number of rotatable bonds is 3. The summed E-state index contributed by atoms with van der Waals surface area (Å²) >= 11 is 5.90. The summed E-state index contributed by atoms with van der Waals surface area (Å²) in [4.78, 5) is 18.8. The van der Waals surface area contributed by atoms with Crippen LogP contribution in [0.4, 0.5) is 0 Å². The predicted octanol–water partition coefficient (Wildman–Crippen LogP) is 0.789. The Morgan fingerprint density at radius 1 is 1.45 bits per heavy atom. The highest BCUT2D eigenvalue weighted by atomic mass is 35.5. The fourth-order valence-electron chi connectivity index (χ4n) is 2.64. The topological polar surface area (TPSA) is 67.1 Å². The van der Waals surface area contributed by atoms with Crippen molar-refractivity contribution in [3.05, 3.63) is 45.5 Å². The number of ether oxygens (including phenoxy) is 1. The second kappa shape index (κ2) is 6.75. The number of hydrogen-bond acceptors (Lipinski definition) is 5. The zero-order chi connectivity index (χ0) is 15.5. The van der Waals surface area contributed by atoms with Gasteiger partial charge in [0.1, 0.15) is 5.65 Å². The lowest BCUT2D eigenvalue weighted by molar-refractivity contribution is 0.0958. The molecule has 3 rings (SSSR count). The van der Waals surface area contributed by atoms with Gasteiger partial charge in [-0.25, -0.2) is 4.98 Å². The van der Waals surface area contributed by atoms with E-state index in [1.807, 2.05) is 0 Å². The molecule has 1 saturated heterocycles. The standard InChI is InChI=1S/C15H18ClN3O3/c16-12-1-2-14-17-13(5-15(21)19(14)7-12)8-18-3-4-22-10-11(6-18)9-20/h1-2,5,7,11,20H,3-4,6,8-10H2. The molecule has 0 radical (unpaired) electrons. The Hall–Kier alpha value is -1.47. The fourth-order valence-corrected chi connectivity index (χ4v) is 2.80. The van der Waals surface area contributed by atoms with Gasteiger partial charge in [0.25, 0.3) is 5.56 Å². The molecule has 1 fully saturated rings. The minimum absolute atomic E-state index is 0.0999. The summed E-state index contributed by atoms with van der Waals surface area (Å²) in [6.45, 7) is 3.35. The maximum absolute atomic E-state index is 12.2. The van der Waals surface area contributed by atoms with E-state index in [-0.39, 0.29) is 18.1 Å². The first kappa shape index (κ1) is 15.4. The number of pyridine rings is 1. The van der Waals surface area contributed by atoms with Gasteiger partial charge in [0.2, 0.25) is 0 Å². The van der Waals surface area contributed by atoms with Crippen LogP contribution < -0.4 is 5.56 Å². The van der Waals surface area contributed by atoms with Gasteiger partial charge in [0.15, 0.2) is 0 Å². The molecule has 0 aliphatic carbocycles. The van der Waals surface area contributed by atoms with Crippen LogP contribution in [-0.2, 0) is 11.3 Å². The first-order valence-corrected chi connectivity index (χ1v) is 7.62. The van der Waals surface area contributed by atoms with Crippen molar-refractivity contribution in [2.75, 3.05) is 32.9 Å². The second-order valence-corrected chi connectivity index (χ2v) is 5.96. The van der Waals surface area contributed by atoms with Gasteiger partial charge in [-0.3, -0.25) is 14.1 Å². The summed E-state index contributed by atoms with van der Waals surface area (Å²) in [6.07, 6.45) is 1.57. The van der Waals surface area contributed by atoms with Gasteiger partial charge in [-0.1, -0.05) is 11.6 Å². The summed E-state index contributed by atoms with van der Waals surface area (Å²) in [7, 11) is 0. The summed E-state index contributed by atoms with van der Waals surface area (Å²) in [5.74, 6) is 0.0999. The number of nitrogens with zero attached hydrogens (tertiary/aromatic N) is 3. The van der Waals surface area contributed by atoms with Crippen LogP contribution in [0, 0.1) is 5.92 Å². The molecule has 0 bridgehead atoms. The highest BCUT2D eigenvalue weighted by Gasteiger charge is 2.18. The van der Waals surface area contributed by atoms with Gasteiger partial charge in [0, 0.05) is 44.4 Å². The SMILES string of the molecule is O=c1cc(CN2CCOCC(CO)C2)nc2ccc(Cl)cn12. The zero-order valence-electron chi connectivity index (χ0n) is 12.1. The van der Waals surface area contributed by atoms with Gasteiger partial charge in [-0.05, 0) is 12.1 Å². The average molecular weight is 324 g/mol. The van der Waals surface area contributed by atoms with Crippen molar-refractivity contribution in [1.29, 1.82) is 0 Å². The molecule has 2 aromatic rings. The number of aliphatic hydroxyl groups excluding tert-OH is 1. The number of fused-ring (bicyclic) bond motifs is 1. The van der Waals surface area contributed by atoms with E-state index in [1.165, 1.54) is 10.5 Å². The van der Waals surface area contributed by atoms with Crippen LogP contribution >= 0.6 is 11.6 Å². The maximum Gasteiger partial charge on any atom is 0.258 e. The van der Waals surface area contributed by atoms with E-state index in [1.54, 1.807) is 18.3 Å². The van der Waals surface area contributed by atoms with Crippen molar-refractivity contribution in [3.8, 4) is 0 Å². The lowest BCUT2D eigenvalue weighted by Crippen LogP contribution is -2.32. The molecule has 3 heterocycles. The van der Waals surface area contributed by atoms with Gasteiger partial charge >= 0.3 is 0 Å². The number of aliphatic hydroxyl groups is 1. The molecule has 0 aromatic carbocycles. The summed E-state index contributed by atoms with van der Waals surface area (Å²) < 4.78 is 6.91. The molecule has 2 aromatic heterocycles. The molecular formula is C15H18ClN3O3. The highest BCUT2D eigenvalue weighted by Crippen LogP contribution is 2.11. The fraction of sp³-hybridized carbons (Fsp3) is 0.467. The molecule has 1 aliphatic rings. The Morgan fingerprint density at radius 2 is 2.32 bits per heavy atom. The summed E-state index contributed by atoms with van der Waals surface area (Å²) in [5, 5.41) is 9.82. The van der Waals surface area contributed by atoms with Crippen molar-refractivity contribution in [2.24, 2.45) is 5.92 Å². The van der Waals surface area contributed by atoms with Crippen molar-refractivity contribution >= 4 is 17.2 Å². The molecule has 22 heavy (non-hydrogen) atoms. The largest absolute Gasteiger partial charge is 0.396 e. The zero-order valence-corrected chi connectivity index (χ0v) is 12.9. The molecule has 1 N–H and O–H groups in total. The first-order valence-electron chi connectivity index (χ1n) is 7.24. The minimum atomic E-state index is -0.146. The van der Waals surface area contributed by atoms with Crippen molar-refractivity contribution in [1.82, 2.24) is 14.3 Å². The number of aromatic nitrogens is 2. The van der Waals surface area contributed by atoms with Gasteiger partial charge in [-0.2, -0.15) is 0 Å². The molecule has 0 amide bonds. The van der Waals surface area contributed by atoms with Crippen molar-refractivity contribution < 1.29 is 9.84 Å². The molecular weight excluding hydrogens is 306 g/mol. The molecule has 1 atom stereocenters. The second-order valence-electron chi connectivity index (χ2n) is 5.52.